The maximum atomic E-state index is 5.70. The first-order valence-corrected chi connectivity index (χ1v) is 8.55. The van der Waals surface area contributed by atoms with Gasteiger partial charge in [-0.05, 0) is 50.3 Å². The standard InChI is InChI=1S/C17H19N3OS/c1-11-7-8-12(21-11)9-20(2)16-15-13-5-3-4-6-14(13)22-17(15)19-10-18-16/h7-8,10H,3-6,9H2,1-2H3. The minimum absolute atomic E-state index is 0.727. The molecule has 0 fully saturated rings. The molecule has 0 unspecified atom stereocenters. The number of fused-ring (bicyclic) bond motifs is 3. The summed E-state index contributed by atoms with van der Waals surface area (Å²) in [4.78, 5) is 13.9. The van der Waals surface area contributed by atoms with Crippen molar-refractivity contribution < 1.29 is 4.42 Å². The molecule has 0 saturated heterocycles. The van der Waals surface area contributed by atoms with Crippen LogP contribution in [0.4, 0.5) is 5.82 Å². The lowest BCUT2D eigenvalue weighted by Gasteiger charge is -2.19. The molecule has 0 bridgehead atoms. The largest absolute Gasteiger partial charge is 0.464 e. The summed E-state index contributed by atoms with van der Waals surface area (Å²) in [6.45, 7) is 2.70. The molecule has 0 saturated carbocycles. The van der Waals surface area contributed by atoms with Crippen molar-refractivity contribution in [1.82, 2.24) is 9.97 Å². The van der Waals surface area contributed by atoms with Crippen LogP contribution in [0.25, 0.3) is 10.2 Å². The van der Waals surface area contributed by atoms with Crippen molar-refractivity contribution in [2.45, 2.75) is 39.2 Å². The van der Waals surface area contributed by atoms with Crippen LogP contribution in [0.15, 0.2) is 22.9 Å². The number of aromatic nitrogens is 2. The maximum Gasteiger partial charge on any atom is 0.141 e. The van der Waals surface area contributed by atoms with Crippen LogP contribution in [-0.2, 0) is 19.4 Å². The molecule has 0 aromatic carbocycles. The van der Waals surface area contributed by atoms with Crippen LogP contribution < -0.4 is 4.90 Å². The molecule has 1 aliphatic rings. The number of nitrogens with zero attached hydrogens (tertiary/aromatic N) is 3. The zero-order valence-electron chi connectivity index (χ0n) is 12.9. The molecule has 22 heavy (non-hydrogen) atoms. The van der Waals surface area contributed by atoms with Gasteiger partial charge in [0.15, 0.2) is 0 Å². The van der Waals surface area contributed by atoms with Crippen molar-refractivity contribution >= 4 is 27.4 Å². The summed E-state index contributed by atoms with van der Waals surface area (Å²) in [5.74, 6) is 2.94. The van der Waals surface area contributed by atoms with Crippen LogP contribution in [0.3, 0.4) is 0 Å². The van der Waals surface area contributed by atoms with E-state index in [1.54, 1.807) is 6.33 Å². The average Bonchev–Trinajstić information content (AvgIpc) is 3.10. The highest BCUT2D eigenvalue weighted by Crippen LogP contribution is 2.39. The predicted molar refractivity (Wildman–Crippen MR) is 89.6 cm³/mol. The lowest BCUT2D eigenvalue weighted by Crippen LogP contribution is -2.18. The first kappa shape index (κ1) is 13.8. The van der Waals surface area contributed by atoms with Crippen molar-refractivity contribution in [3.8, 4) is 0 Å². The summed E-state index contributed by atoms with van der Waals surface area (Å²) >= 11 is 1.84. The van der Waals surface area contributed by atoms with E-state index in [-0.39, 0.29) is 0 Å². The minimum atomic E-state index is 0.727. The molecule has 0 N–H and O–H groups in total. The summed E-state index contributed by atoms with van der Waals surface area (Å²) in [6.07, 6.45) is 6.60. The quantitative estimate of drug-likeness (QED) is 0.730. The van der Waals surface area contributed by atoms with Gasteiger partial charge >= 0.3 is 0 Å². The Labute approximate surface area is 133 Å². The second-order valence-electron chi connectivity index (χ2n) is 5.96. The summed E-state index contributed by atoms with van der Waals surface area (Å²) in [7, 11) is 2.08. The highest BCUT2D eigenvalue weighted by molar-refractivity contribution is 7.19. The van der Waals surface area contributed by atoms with Gasteiger partial charge in [0, 0.05) is 11.9 Å². The van der Waals surface area contributed by atoms with E-state index in [2.05, 4.69) is 21.9 Å². The van der Waals surface area contributed by atoms with E-state index in [9.17, 15) is 0 Å². The van der Waals surface area contributed by atoms with E-state index >= 15 is 0 Å². The molecule has 4 rings (SSSR count). The number of thiophene rings is 1. The third-order valence-electron chi connectivity index (χ3n) is 4.28. The van der Waals surface area contributed by atoms with E-state index in [0.29, 0.717) is 0 Å². The molecule has 3 aromatic rings. The molecule has 114 valence electrons. The first-order valence-electron chi connectivity index (χ1n) is 7.74. The second-order valence-corrected chi connectivity index (χ2v) is 7.04. The van der Waals surface area contributed by atoms with Crippen molar-refractivity contribution in [3.05, 3.63) is 40.4 Å². The molecule has 4 nitrogen and oxygen atoms in total. The van der Waals surface area contributed by atoms with E-state index in [1.807, 2.05) is 30.4 Å². The Bertz CT molecular complexity index is 821. The lowest BCUT2D eigenvalue weighted by atomic mass is 9.97. The molecule has 0 atom stereocenters. The SMILES string of the molecule is Cc1ccc(CN(C)c2ncnc3sc4c(c23)CCCC4)o1. The van der Waals surface area contributed by atoms with Crippen molar-refractivity contribution in [1.29, 1.82) is 0 Å². The van der Waals surface area contributed by atoms with Crippen LogP contribution in [0.1, 0.15) is 34.8 Å². The van der Waals surface area contributed by atoms with Crippen molar-refractivity contribution in [2.24, 2.45) is 0 Å². The van der Waals surface area contributed by atoms with Gasteiger partial charge in [-0.25, -0.2) is 9.97 Å². The molecule has 0 amide bonds. The Balaban J connectivity index is 1.75. The third-order valence-corrected chi connectivity index (χ3v) is 5.48. The van der Waals surface area contributed by atoms with Gasteiger partial charge in [0.2, 0.25) is 0 Å². The minimum Gasteiger partial charge on any atom is -0.464 e. The van der Waals surface area contributed by atoms with Crippen LogP contribution in [-0.4, -0.2) is 17.0 Å². The highest BCUT2D eigenvalue weighted by atomic mass is 32.1. The fourth-order valence-corrected chi connectivity index (χ4v) is 4.47. The first-order chi connectivity index (χ1) is 10.7. The van der Waals surface area contributed by atoms with Gasteiger partial charge in [-0.1, -0.05) is 0 Å². The molecule has 0 radical (unpaired) electrons. The fourth-order valence-electron chi connectivity index (χ4n) is 3.24. The third kappa shape index (κ3) is 2.29. The van der Waals surface area contributed by atoms with Gasteiger partial charge in [-0.3, -0.25) is 0 Å². The molecule has 0 aliphatic heterocycles. The summed E-state index contributed by atoms with van der Waals surface area (Å²) in [5.41, 5.74) is 1.48. The van der Waals surface area contributed by atoms with Crippen LogP contribution in [0.5, 0.6) is 0 Å². The van der Waals surface area contributed by atoms with Crippen molar-refractivity contribution in [3.63, 3.8) is 0 Å². The number of rotatable bonds is 3. The Morgan fingerprint density at radius 3 is 2.91 bits per heavy atom. The second kappa shape index (κ2) is 5.39. The Kier molecular flexibility index (Phi) is 3.37. The molecule has 5 heteroatoms. The number of furan rings is 1. The zero-order valence-corrected chi connectivity index (χ0v) is 13.7. The highest BCUT2D eigenvalue weighted by Gasteiger charge is 2.21. The molecule has 0 spiro atoms. The zero-order chi connectivity index (χ0) is 15.1. The van der Waals surface area contributed by atoms with E-state index in [1.165, 1.54) is 35.1 Å². The molecule has 1 aliphatic carbocycles. The molecular weight excluding hydrogens is 294 g/mol. The lowest BCUT2D eigenvalue weighted by molar-refractivity contribution is 0.481. The molecule has 3 aromatic heterocycles. The normalized spacial score (nSPS) is 14.3. The Morgan fingerprint density at radius 1 is 1.23 bits per heavy atom. The average molecular weight is 313 g/mol. The van der Waals surface area contributed by atoms with Crippen molar-refractivity contribution in [2.75, 3.05) is 11.9 Å². The number of hydrogen-bond acceptors (Lipinski definition) is 5. The van der Waals surface area contributed by atoms with Gasteiger partial charge in [0.25, 0.3) is 0 Å². The molecular formula is C17H19N3OS. The smallest absolute Gasteiger partial charge is 0.141 e. The summed E-state index contributed by atoms with van der Waals surface area (Å²) in [6, 6.07) is 4.04. The van der Waals surface area contributed by atoms with E-state index in [0.717, 1.165) is 35.1 Å². The maximum absolute atomic E-state index is 5.70. The topological polar surface area (TPSA) is 42.2 Å². The van der Waals surface area contributed by atoms with Gasteiger partial charge in [0.05, 0.1) is 11.9 Å². The van der Waals surface area contributed by atoms with Gasteiger partial charge in [-0.15, -0.1) is 11.3 Å². The number of hydrogen-bond donors (Lipinski definition) is 0. The number of aryl methyl sites for hydroxylation is 3. The van der Waals surface area contributed by atoms with Gasteiger partial charge in [-0.2, -0.15) is 0 Å². The predicted octanol–water partition coefficient (Wildman–Crippen LogP) is 4.11. The van der Waals surface area contributed by atoms with Gasteiger partial charge in [0.1, 0.15) is 28.5 Å². The van der Waals surface area contributed by atoms with Gasteiger partial charge < -0.3 is 9.32 Å². The summed E-state index contributed by atoms with van der Waals surface area (Å²) < 4.78 is 5.70. The van der Waals surface area contributed by atoms with Crippen LogP contribution in [0.2, 0.25) is 0 Å². The monoisotopic (exact) mass is 313 g/mol. The van der Waals surface area contributed by atoms with E-state index in [4.69, 9.17) is 4.42 Å². The van der Waals surface area contributed by atoms with Crippen LogP contribution in [0, 0.1) is 6.92 Å². The number of anilines is 1. The summed E-state index contributed by atoms with van der Waals surface area (Å²) in [5, 5.41) is 1.26. The Hall–Kier alpha value is -1.88. The fraction of sp³-hybridized carbons (Fsp3) is 0.412. The molecule has 3 heterocycles. The van der Waals surface area contributed by atoms with Crippen LogP contribution >= 0.6 is 11.3 Å². The Morgan fingerprint density at radius 2 is 2.09 bits per heavy atom. The van der Waals surface area contributed by atoms with E-state index < -0.39 is 0 Å².